The highest BCUT2D eigenvalue weighted by Gasteiger charge is 2.21. The van der Waals surface area contributed by atoms with E-state index < -0.39 is 0 Å². The molecule has 0 bridgehead atoms. The van der Waals surface area contributed by atoms with Crippen LogP contribution < -0.4 is 0 Å². The average Bonchev–Trinajstić information content (AvgIpc) is 1.88. The maximum atomic E-state index is 10.2. The van der Waals surface area contributed by atoms with Crippen molar-refractivity contribution in [2.24, 2.45) is 0 Å². The van der Waals surface area contributed by atoms with Gasteiger partial charge in [-0.05, 0) is 13.3 Å². The Morgan fingerprint density at radius 3 is 2.90 bits per heavy atom. The third-order valence-electron chi connectivity index (χ3n) is 1.91. The zero-order valence-corrected chi connectivity index (χ0v) is 6.04. The maximum Gasteiger partial charge on any atom is 0.216 e. The Hall–Kier alpha value is -0.860. The van der Waals surface area contributed by atoms with Crippen molar-refractivity contribution in [3.63, 3.8) is 0 Å². The molecule has 0 N–H and O–H groups in total. The summed E-state index contributed by atoms with van der Waals surface area (Å²) in [6.07, 6.45) is 4.21. The summed E-state index contributed by atoms with van der Waals surface area (Å²) in [7, 11) is 0. The normalized spacial score (nSPS) is 25.7. The van der Waals surface area contributed by atoms with Crippen LogP contribution in [0.1, 0.15) is 26.2 Å². The third-order valence-corrected chi connectivity index (χ3v) is 1.91. The molecule has 0 fully saturated rings. The van der Waals surface area contributed by atoms with E-state index in [1.165, 1.54) is 5.57 Å². The molecule has 0 saturated carbocycles. The van der Waals surface area contributed by atoms with Crippen molar-refractivity contribution >= 4 is 0 Å². The number of allylic oxidation sites excluding steroid dienone is 1. The second kappa shape index (κ2) is 2.82. The molecule has 3 nitrogen and oxygen atoms in total. The van der Waals surface area contributed by atoms with Crippen molar-refractivity contribution in [1.29, 1.82) is 0 Å². The molecule has 0 aromatic carbocycles. The van der Waals surface area contributed by atoms with E-state index in [0.717, 1.165) is 12.8 Å². The lowest BCUT2D eigenvalue weighted by Gasteiger charge is -2.12. The fourth-order valence-corrected chi connectivity index (χ4v) is 1.14. The number of rotatable bonds is 1. The van der Waals surface area contributed by atoms with Crippen LogP contribution in [0.25, 0.3) is 0 Å². The molecule has 56 valence electrons. The molecular formula is C7H11NO2. The van der Waals surface area contributed by atoms with Gasteiger partial charge in [-0.1, -0.05) is 11.6 Å². The highest BCUT2D eigenvalue weighted by Crippen LogP contribution is 2.18. The van der Waals surface area contributed by atoms with Crippen LogP contribution in [0.5, 0.6) is 0 Å². The smallest absolute Gasteiger partial charge is 0.216 e. The molecule has 0 radical (unpaired) electrons. The largest absolute Gasteiger partial charge is 0.264 e. The lowest BCUT2D eigenvalue weighted by Crippen LogP contribution is -2.20. The summed E-state index contributed by atoms with van der Waals surface area (Å²) in [5.74, 6) is 0. The second-order valence-electron chi connectivity index (χ2n) is 2.76. The molecule has 0 spiro atoms. The summed E-state index contributed by atoms with van der Waals surface area (Å²) in [5, 5.41) is 10.2. The third kappa shape index (κ3) is 1.56. The molecule has 1 aliphatic rings. The lowest BCUT2D eigenvalue weighted by atomic mass is 9.97. The summed E-state index contributed by atoms with van der Waals surface area (Å²) in [4.78, 5) is 10.1. The van der Waals surface area contributed by atoms with Crippen LogP contribution in [0.3, 0.4) is 0 Å². The zero-order valence-electron chi connectivity index (χ0n) is 6.04. The molecule has 0 aromatic heterocycles. The topological polar surface area (TPSA) is 43.1 Å². The van der Waals surface area contributed by atoms with Gasteiger partial charge in [-0.3, -0.25) is 10.1 Å². The van der Waals surface area contributed by atoms with Crippen molar-refractivity contribution in [3.05, 3.63) is 21.8 Å². The first kappa shape index (κ1) is 7.25. The molecule has 10 heavy (non-hydrogen) atoms. The van der Waals surface area contributed by atoms with Gasteiger partial charge in [0, 0.05) is 17.8 Å². The Kier molecular flexibility index (Phi) is 2.04. The van der Waals surface area contributed by atoms with E-state index in [1.807, 2.05) is 13.0 Å². The summed E-state index contributed by atoms with van der Waals surface area (Å²) < 4.78 is 0. The molecule has 0 amide bonds. The Morgan fingerprint density at radius 1 is 1.80 bits per heavy atom. The number of hydrogen-bond donors (Lipinski definition) is 0. The van der Waals surface area contributed by atoms with Crippen molar-refractivity contribution in [3.8, 4) is 0 Å². The van der Waals surface area contributed by atoms with Gasteiger partial charge in [0.1, 0.15) is 0 Å². The van der Waals surface area contributed by atoms with Crippen LogP contribution in [-0.2, 0) is 0 Å². The van der Waals surface area contributed by atoms with Crippen molar-refractivity contribution in [2.75, 3.05) is 0 Å². The molecule has 1 aliphatic carbocycles. The fraction of sp³-hybridized carbons (Fsp3) is 0.714. The van der Waals surface area contributed by atoms with Gasteiger partial charge in [-0.15, -0.1) is 0 Å². The fourth-order valence-electron chi connectivity index (χ4n) is 1.14. The molecule has 1 rings (SSSR count). The van der Waals surface area contributed by atoms with Gasteiger partial charge in [0.25, 0.3) is 0 Å². The first-order valence-corrected chi connectivity index (χ1v) is 3.49. The van der Waals surface area contributed by atoms with Crippen molar-refractivity contribution < 1.29 is 4.92 Å². The SMILES string of the molecule is CC1=CCC([N+](=O)[O-])CC1. The Bertz CT molecular complexity index is 174. The minimum absolute atomic E-state index is 0.178. The molecule has 0 aliphatic heterocycles. The summed E-state index contributed by atoms with van der Waals surface area (Å²) >= 11 is 0. The van der Waals surface area contributed by atoms with Crippen molar-refractivity contribution in [2.45, 2.75) is 32.2 Å². The Morgan fingerprint density at radius 2 is 2.50 bits per heavy atom. The van der Waals surface area contributed by atoms with E-state index in [4.69, 9.17) is 0 Å². The van der Waals surface area contributed by atoms with Crippen LogP contribution in [-0.4, -0.2) is 11.0 Å². The molecule has 0 heterocycles. The molecule has 1 unspecified atom stereocenters. The first-order chi connectivity index (χ1) is 4.70. The molecule has 0 aromatic rings. The predicted molar refractivity (Wildman–Crippen MR) is 38.4 cm³/mol. The van der Waals surface area contributed by atoms with E-state index >= 15 is 0 Å². The highest BCUT2D eigenvalue weighted by atomic mass is 16.6. The summed E-state index contributed by atoms with van der Waals surface area (Å²) in [5.41, 5.74) is 1.29. The molecule has 0 saturated heterocycles. The van der Waals surface area contributed by atoms with E-state index in [-0.39, 0.29) is 11.0 Å². The van der Waals surface area contributed by atoms with Gasteiger partial charge in [0.15, 0.2) is 0 Å². The predicted octanol–water partition coefficient (Wildman–Crippen LogP) is 1.76. The monoisotopic (exact) mass is 141 g/mol. The lowest BCUT2D eigenvalue weighted by molar-refractivity contribution is -0.523. The van der Waals surface area contributed by atoms with Crippen molar-refractivity contribution in [1.82, 2.24) is 0 Å². The van der Waals surface area contributed by atoms with E-state index in [0.29, 0.717) is 6.42 Å². The quantitative estimate of drug-likeness (QED) is 0.317. The van der Waals surface area contributed by atoms with Crippen LogP contribution in [0.4, 0.5) is 0 Å². The van der Waals surface area contributed by atoms with E-state index in [2.05, 4.69) is 0 Å². The summed E-state index contributed by atoms with van der Waals surface area (Å²) in [6, 6.07) is -0.316. The van der Waals surface area contributed by atoms with Crippen LogP contribution >= 0.6 is 0 Å². The van der Waals surface area contributed by atoms with E-state index in [9.17, 15) is 10.1 Å². The zero-order chi connectivity index (χ0) is 7.56. The van der Waals surface area contributed by atoms with Crippen LogP contribution in [0.2, 0.25) is 0 Å². The minimum atomic E-state index is -0.316. The van der Waals surface area contributed by atoms with Crippen LogP contribution in [0, 0.1) is 10.1 Å². The van der Waals surface area contributed by atoms with Gasteiger partial charge in [0.2, 0.25) is 6.04 Å². The molecule has 3 heteroatoms. The standard InChI is InChI=1S/C7H11NO2/c1-6-2-4-7(5-3-6)8(9)10/h2,7H,3-5H2,1H3. The Balaban J connectivity index is 2.50. The van der Waals surface area contributed by atoms with Gasteiger partial charge in [0.05, 0.1) is 0 Å². The summed E-state index contributed by atoms with van der Waals surface area (Å²) in [6.45, 7) is 2.02. The maximum absolute atomic E-state index is 10.2. The van der Waals surface area contributed by atoms with Gasteiger partial charge in [-0.2, -0.15) is 0 Å². The first-order valence-electron chi connectivity index (χ1n) is 3.49. The van der Waals surface area contributed by atoms with Gasteiger partial charge >= 0.3 is 0 Å². The number of nitro groups is 1. The minimum Gasteiger partial charge on any atom is -0.264 e. The van der Waals surface area contributed by atoms with E-state index in [1.54, 1.807) is 0 Å². The number of nitrogens with zero attached hydrogens (tertiary/aromatic N) is 1. The Labute approximate surface area is 59.9 Å². The van der Waals surface area contributed by atoms with Gasteiger partial charge in [-0.25, -0.2) is 0 Å². The molecule has 1 atom stereocenters. The van der Waals surface area contributed by atoms with Gasteiger partial charge < -0.3 is 0 Å². The average molecular weight is 141 g/mol. The highest BCUT2D eigenvalue weighted by molar-refractivity contribution is 5.02. The number of hydrogen-bond acceptors (Lipinski definition) is 2. The second-order valence-corrected chi connectivity index (χ2v) is 2.76. The van der Waals surface area contributed by atoms with Crippen LogP contribution in [0.15, 0.2) is 11.6 Å². The molecular weight excluding hydrogens is 130 g/mol.